The van der Waals surface area contributed by atoms with Crippen LogP contribution < -0.4 is 15.4 Å². The number of imide groups is 1. The maximum Gasteiger partial charge on any atom is 0.262 e. The summed E-state index contributed by atoms with van der Waals surface area (Å²) >= 11 is 0. The van der Waals surface area contributed by atoms with E-state index in [9.17, 15) is 24.3 Å². The Kier molecular flexibility index (Phi) is 6.73. The van der Waals surface area contributed by atoms with E-state index < -0.39 is 36.2 Å². The number of carbonyl (C=O) groups is 4. The van der Waals surface area contributed by atoms with Crippen molar-refractivity contribution in [2.24, 2.45) is 0 Å². The van der Waals surface area contributed by atoms with E-state index in [1.807, 2.05) is 32.0 Å². The molecule has 0 fully saturated rings. The third kappa shape index (κ3) is 4.63. The number of aryl methyl sites for hydroxylation is 2. The Morgan fingerprint density at radius 2 is 1.56 bits per heavy atom. The number of hydrogen-bond acceptors (Lipinski definition) is 6. The molecule has 1 heterocycles. The van der Waals surface area contributed by atoms with E-state index in [0.29, 0.717) is 11.3 Å². The number of anilines is 1. The SMILES string of the molecule is COc1cc([C@H](NC(=O)CN2C(=O)c3ccccc3C2=O)C(=O)Nc2c(C)cccc2C)ccc1O. The molecule has 1 aliphatic heterocycles. The average molecular weight is 488 g/mol. The van der Waals surface area contributed by atoms with Crippen molar-refractivity contribution in [2.45, 2.75) is 19.9 Å². The Hall–Kier alpha value is -4.66. The summed E-state index contributed by atoms with van der Waals surface area (Å²) in [4.78, 5) is 52.6. The number of fused-ring (bicyclic) bond motifs is 1. The van der Waals surface area contributed by atoms with E-state index in [-0.39, 0.29) is 22.6 Å². The molecule has 0 aromatic heterocycles. The highest BCUT2D eigenvalue weighted by atomic mass is 16.5. The van der Waals surface area contributed by atoms with E-state index >= 15 is 0 Å². The fourth-order valence-electron chi connectivity index (χ4n) is 4.11. The molecule has 9 heteroatoms. The first kappa shape index (κ1) is 24.5. The van der Waals surface area contributed by atoms with Crippen LogP contribution >= 0.6 is 0 Å². The molecule has 184 valence electrons. The second-order valence-electron chi connectivity index (χ2n) is 8.43. The summed E-state index contributed by atoms with van der Waals surface area (Å²) < 4.78 is 5.16. The summed E-state index contributed by atoms with van der Waals surface area (Å²) in [6, 6.07) is 15.0. The van der Waals surface area contributed by atoms with Crippen molar-refractivity contribution in [3.8, 4) is 11.5 Å². The predicted molar refractivity (Wildman–Crippen MR) is 132 cm³/mol. The molecule has 0 radical (unpaired) electrons. The Bertz CT molecular complexity index is 1330. The van der Waals surface area contributed by atoms with E-state index in [4.69, 9.17) is 4.74 Å². The van der Waals surface area contributed by atoms with Crippen molar-refractivity contribution in [1.82, 2.24) is 10.2 Å². The van der Waals surface area contributed by atoms with Crippen molar-refractivity contribution in [3.63, 3.8) is 0 Å². The molecule has 0 aliphatic carbocycles. The number of nitrogens with zero attached hydrogens (tertiary/aromatic N) is 1. The van der Waals surface area contributed by atoms with Gasteiger partial charge in [0.2, 0.25) is 5.91 Å². The molecule has 9 nitrogen and oxygen atoms in total. The van der Waals surface area contributed by atoms with Crippen LogP contribution in [0.3, 0.4) is 0 Å². The van der Waals surface area contributed by atoms with Crippen LogP contribution in [0.4, 0.5) is 5.69 Å². The summed E-state index contributed by atoms with van der Waals surface area (Å²) in [6.45, 7) is 3.14. The number of ether oxygens (including phenoxy) is 1. The molecule has 1 atom stereocenters. The number of benzene rings is 3. The second kappa shape index (κ2) is 9.91. The van der Waals surface area contributed by atoms with Gasteiger partial charge in [-0.3, -0.25) is 24.1 Å². The Morgan fingerprint density at radius 3 is 2.14 bits per heavy atom. The lowest BCUT2D eigenvalue weighted by atomic mass is 10.0. The number of phenols is 1. The van der Waals surface area contributed by atoms with Gasteiger partial charge >= 0.3 is 0 Å². The molecule has 0 bridgehead atoms. The number of para-hydroxylation sites is 1. The molecular weight excluding hydrogens is 462 g/mol. The van der Waals surface area contributed by atoms with Crippen LogP contribution in [0.15, 0.2) is 60.7 Å². The number of rotatable bonds is 7. The molecule has 3 N–H and O–H groups in total. The highest BCUT2D eigenvalue weighted by Gasteiger charge is 2.37. The lowest BCUT2D eigenvalue weighted by molar-refractivity contribution is -0.126. The lowest BCUT2D eigenvalue weighted by Gasteiger charge is -2.22. The Labute approximate surface area is 207 Å². The van der Waals surface area contributed by atoms with Gasteiger partial charge in [-0.1, -0.05) is 36.4 Å². The van der Waals surface area contributed by atoms with Gasteiger partial charge < -0.3 is 20.5 Å². The number of carbonyl (C=O) groups excluding carboxylic acids is 4. The van der Waals surface area contributed by atoms with Crippen LogP contribution in [-0.2, 0) is 9.59 Å². The molecule has 4 rings (SSSR count). The number of methoxy groups -OCH3 is 1. The zero-order valence-corrected chi connectivity index (χ0v) is 20.0. The first-order chi connectivity index (χ1) is 17.2. The topological polar surface area (TPSA) is 125 Å². The Balaban J connectivity index is 1.60. The van der Waals surface area contributed by atoms with Gasteiger partial charge in [0, 0.05) is 5.69 Å². The van der Waals surface area contributed by atoms with Crippen molar-refractivity contribution in [2.75, 3.05) is 19.0 Å². The van der Waals surface area contributed by atoms with Crippen LogP contribution in [0.5, 0.6) is 11.5 Å². The number of amides is 4. The number of aromatic hydroxyl groups is 1. The summed E-state index contributed by atoms with van der Waals surface area (Å²) in [6.07, 6.45) is 0. The number of hydrogen-bond donors (Lipinski definition) is 3. The zero-order valence-electron chi connectivity index (χ0n) is 20.0. The third-order valence-corrected chi connectivity index (χ3v) is 6.01. The molecule has 0 saturated carbocycles. The number of nitrogens with one attached hydrogen (secondary N) is 2. The minimum Gasteiger partial charge on any atom is -0.504 e. The molecule has 0 unspecified atom stereocenters. The molecule has 3 aromatic carbocycles. The summed E-state index contributed by atoms with van der Waals surface area (Å²) in [5, 5.41) is 15.5. The van der Waals surface area contributed by atoms with Crippen molar-refractivity contribution < 1.29 is 29.0 Å². The predicted octanol–water partition coefficient (Wildman–Crippen LogP) is 3.11. The van der Waals surface area contributed by atoms with Crippen molar-refractivity contribution in [3.05, 3.63) is 88.5 Å². The highest BCUT2D eigenvalue weighted by molar-refractivity contribution is 6.22. The van der Waals surface area contributed by atoms with Gasteiger partial charge in [0.15, 0.2) is 11.5 Å². The van der Waals surface area contributed by atoms with Crippen LogP contribution in [-0.4, -0.2) is 47.3 Å². The Morgan fingerprint density at radius 1 is 0.944 bits per heavy atom. The molecule has 0 saturated heterocycles. The monoisotopic (exact) mass is 487 g/mol. The van der Waals surface area contributed by atoms with Crippen LogP contribution in [0.2, 0.25) is 0 Å². The van der Waals surface area contributed by atoms with Gasteiger partial charge in [0.1, 0.15) is 12.6 Å². The van der Waals surface area contributed by atoms with Gasteiger partial charge in [-0.15, -0.1) is 0 Å². The standard InChI is InChI=1S/C27H25N3O6/c1-15-7-6-8-16(2)23(15)29-25(33)24(17-11-12-20(31)21(13-17)36-3)28-22(32)14-30-26(34)18-9-4-5-10-19(18)27(30)35/h4-13,24,31H,14H2,1-3H3,(H,28,32)(H,29,33)/t24-/m0/s1. The third-order valence-electron chi connectivity index (χ3n) is 6.01. The second-order valence-corrected chi connectivity index (χ2v) is 8.43. The number of phenolic OH excluding ortho intramolecular Hbond substituents is 1. The van der Waals surface area contributed by atoms with Crippen LogP contribution in [0.1, 0.15) is 43.4 Å². The summed E-state index contributed by atoms with van der Waals surface area (Å²) in [5.74, 6) is -2.42. The highest BCUT2D eigenvalue weighted by Crippen LogP contribution is 2.30. The first-order valence-corrected chi connectivity index (χ1v) is 11.2. The van der Waals surface area contributed by atoms with Crippen LogP contribution in [0.25, 0.3) is 0 Å². The minimum absolute atomic E-state index is 0.118. The first-order valence-electron chi connectivity index (χ1n) is 11.2. The van der Waals surface area contributed by atoms with Crippen molar-refractivity contribution >= 4 is 29.3 Å². The normalized spacial score (nSPS) is 13.2. The van der Waals surface area contributed by atoms with Crippen LogP contribution in [0, 0.1) is 13.8 Å². The van der Waals surface area contributed by atoms with E-state index in [2.05, 4.69) is 10.6 Å². The molecule has 36 heavy (non-hydrogen) atoms. The maximum absolute atomic E-state index is 13.4. The molecule has 0 spiro atoms. The smallest absolute Gasteiger partial charge is 0.262 e. The van der Waals surface area contributed by atoms with Gasteiger partial charge in [-0.2, -0.15) is 0 Å². The fraction of sp³-hybridized carbons (Fsp3) is 0.185. The van der Waals surface area contributed by atoms with Crippen molar-refractivity contribution in [1.29, 1.82) is 0 Å². The maximum atomic E-state index is 13.4. The quantitative estimate of drug-likeness (QED) is 0.440. The fourth-order valence-corrected chi connectivity index (χ4v) is 4.11. The average Bonchev–Trinajstić information content (AvgIpc) is 3.10. The van der Waals surface area contributed by atoms with Gasteiger partial charge in [0.05, 0.1) is 18.2 Å². The molecule has 1 aliphatic rings. The van der Waals surface area contributed by atoms with Gasteiger partial charge in [-0.25, -0.2) is 0 Å². The lowest BCUT2D eigenvalue weighted by Crippen LogP contribution is -2.44. The summed E-state index contributed by atoms with van der Waals surface area (Å²) in [7, 11) is 1.37. The minimum atomic E-state index is -1.21. The van der Waals surface area contributed by atoms with E-state index in [1.165, 1.54) is 37.4 Å². The molecule has 3 aromatic rings. The van der Waals surface area contributed by atoms with E-state index in [1.54, 1.807) is 12.1 Å². The van der Waals surface area contributed by atoms with Gasteiger partial charge in [0.25, 0.3) is 17.7 Å². The summed E-state index contributed by atoms with van der Waals surface area (Å²) in [5.41, 5.74) is 3.06. The van der Waals surface area contributed by atoms with E-state index in [0.717, 1.165) is 16.0 Å². The largest absolute Gasteiger partial charge is 0.504 e. The molecule has 4 amide bonds. The van der Waals surface area contributed by atoms with Gasteiger partial charge in [-0.05, 0) is 54.8 Å². The molecular formula is C27H25N3O6. The zero-order chi connectivity index (χ0) is 26.0.